The molecule has 2 unspecified atom stereocenters. The van der Waals surface area contributed by atoms with Crippen molar-refractivity contribution in [3.8, 4) is 11.8 Å². The van der Waals surface area contributed by atoms with E-state index in [-0.39, 0.29) is 5.92 Å². The summed E-state index contributed by atoms with van der Waals surface area (Å²) in [6, 6.07) is 0. The maximum atomic E-state index is 10.3. The van der Waals surface area contributed by atoms with Crippen molar-refractivity contribution in [1.29, 1.82) is 0 Å². The molecule has 0 saturated heterocycles. The zero-order chi connectivity index (χ0) is 11.0. The van der Waals surface area contributed by atoms with Gasteiger partial charge in [-0.15, -0.1) is 5.92 Å². The highest BCUT2D eigenvalue weighted by Gasteiger charge is 2.16. The first kappa shape index (κ1) is 13.6. The SMILES string of the molecule is CC#CC(CNC(=O)O)C(I)CCC. The summed E-state index contributed by atoms with van der Waals surface area (Å²) in [4.78, 5) is 10.3. The Hall–Kier alpha value is -0.440. The lowest BCUT2D eigenvalue weighted by Gasteiger charge is -2.16. The van der Waals surface area contributed by atoms with Gasteiger partial charge in [0.15, 0.2) is 0 Å². The lowest BCUT2D eigenvalue weighted by Crippen LogP contribution is -2.31. The minimum atomic E-state index is -0.979. The highest BCUT2D eigenvalue weighted by Crippen LogP contribution is 2.18. The molecule has 14 heavy (non-hydrogen) atoms. The van der Waals surface area contributed by atoms with E-state index in [4.69, 9.17) is 5.11 Å². The molecule has 1 amide bonds. The Morgan fingerprint density at radius 2 is 2.29 bits per heavy atom. The second kappa shape index (κ2) is 7.92. The largest absolute Gasteiger partial charge is 0.465 e. The number of alkyl halides is 1. The number of nitrogens with one attached hydrogen (secondary N) is 1. The van der Waals surface area contributed by atoms with Gasteiger partial charge in [0, 0.05) is 16.4 Å². The van der Waals surface area contributed by atoms with Crippen molar-refractivity contribution in [3.63, 3.8) is 0 Å². The summed E-state index contributed by atoms with van der Waals surface area (Å²) in [6.07, 6.45) is 1.19. The molecule has 0 rings (SSSR count). The molecule has 0 aromatic rings. The third-order valence-electron chi connectivity index (χ3n) is 1.80. The molecule has 0 bridgehead atoms. The maximum Gasteiger partial charge on any atom is 0.404 e. The van der Waals surface area contributed by atoms with E-state index in [9.17, 15) is 4.79 Å². The smallest absolute Gasteiger partial charge is 0.404 e. The molecule has 0 aliphatic heterocycles. The average molecular weight is 309 g/mol. The number of amides is 1. The minimum Gasteiger partial charge on any atom is -0.465 e. The molecule has 2 N–H and O–H groups in total. The lowest BCUT2D eigenvalue weighted by molar-refractivity contribution is 0.193. The van der Waals surface area contributed by atoms with Gasteiger partial charge < -0.3 is 10.4 Å². The number of carbonyl (C=O) groups is 1. The van der Waals surface area contributed by atoms with E-state index < -0.39 is 6.09 Å². The Kier molecular flexibility index (Phi) is 7.67. The summed E-state index contributed by atoms with van der Waals surface area (Å²) in [6.45, 7) is 4.32. The van der Waals surface area contributed by atoms with Crippen LogP contribution in [0.4, 0.5) is 4.79 Å². The van der Waals surface area contributed by atoms with Gasteiger partial charge in [0.05, 0.1) is 0 Å². The standard InChI is InChI=1S/C10H16INO2/c1-3-5-8(7-12-10(13)14)9(11)6-4-2/h8-9,12H,4,6-7H2,1-2H3,(H,13,14). The molecule has 0 heterocycles. The molecule has 0 saturated carbocycles. The molecule has 0 aliphatic carbocycles. The van der Waals surface area contributed by atoms with Crippen LogP contribution in [-0.2, 0) is 0 Å². The number of hydrogen-bond donors (Lipinski definition) is 2. The van der Waals surface area contributed by atoms with E-state index in [1.54, 1.807) is 6.92 Å². The van der Waals surface area contributed by atoms with Gasteiger partial charge in [-0.2, -0.15) is 0 Å². The van der Waals surface area contributed by atoms with Gasteiger partial charge in [0.1, 0.15) is 0 Å². The van der Waals surface area contributed by atoms with E-state index in [2.05, 4.69) is 46.7 Å². The summed E-state index contributed by atoms with van der Waals surface area (Å²) >= 11 is 2.34. The zero-order valence-electron chi connectivity index (χ0n) is 8.51. The molecular weight excluding hydrogens is 293 g/mol. The molecule has 0 spiro atoms. The molecule has 0 aliphatic rings. The van der Waals surface area contributed by atoms with Crippen molar-refractivity contribution in [2.75, 3.05) is 6.54 Å². The van der Waals surface area contributed by atoms with Gasteiger partial charge in [0.25, 0.3) is 0 Å². The summed E-state index contributed by atoms with van der Waals surface area (Å²) in [5, 5.41) is 10.9. The van der Waals surface area contributed by atoms with Gasteiger partial charge >= 0.3 is 6.09 Å². The first-order chi connectivity index (χ1) is 6.61. The van der Waals surface area contributed by atoms with E-state index in [0.29, 0.717) is 10.5 Å². The molecule has 0 aromatic heterocycles. The molecule has 80 valence electrons. The van der Waals surface area contributed by atoms with E-state index in [0.717, 1.165) is 12.8 Å². The van der Waals surface area contributed by atoms with Gasteiger partial charge in [-0.25, -0.2) is 4.79 Å². The topological polar surface area (TPSA) is 49.3 Å². The molecule has 0 radical (unpaired) electrons. The molecular formula is C10H16INO2. The van der Waals surface area contributed by atoms with Crippen LogP contribution >= 0.6 is 22.6 Å². The van der Waals surface area contributed by atoms with Crippen molar-refractivity contribution in [2.24, 2.45) is 5.92 Å². The van der Waals surface area contributed by atoms with Crippen molar-refractivity contribution >= 4 is 28.7 Å². The summed E-state index contributed by atoms with van der Waals surface area (Å²) < 4.78 is 0.414. The van der Waals surface area contributed by atoms with E-state index >= 15 is 0 Å². The Labute approximate surface area is 98.8 Å². The van der Waals surface area contributed by atoms with E-state index in [1.165, 1.54) is 0 Å². The summed E-state index contributed by atoms with van der Waals surface area (Å²) in [5.74, 6) is 6.00. The fourth-order valence-electron chi connectivity index (χ4n) is 1.13. The van der Waals surface area contributed by atoms with Crippen LogP contribution in [0.25, 0.3) is 0 Å². The van der Waals surface area contributed by atoms with Crippen LogP contribution in [0.1, 0.15) is 26.7 Å². The highest BCUT2D eigenvalue weighted by molar-refractivity contribution is 14.1. The Morgan fingerprint density at radius 1 is 1.64 bits per heavy atom. The van der Waals surface area contributed by atoms with Crippen molar-refractivity contribution in [2.45, 2.75) is 30.6 Å². The predicted molar refractivity (Wildman–Crippen MR) is 65.7 cm³/mol. The second-order valence-electron chi connectivity index (χ2n) is 2.99. The number of carboxylic acid groups (broad SMARTS) is 1. The monoisotopic (exact) mass is 309 g/mol. The lowest BCUT2D eigenvalue weighted by atomic mass is 10.0. The van der Waals surface area contributed by atoms with Gasteiger partial charge in [-0.3, -0.25) is 0 Å². The maximum absolute atomic E-state index is 10.3. The van der Waals surface area contributed by atoms with Crippen LogP contribution in [-0.4, -0.2) is 21.7 Å². The minimum absolute atomic E-state index is 0.122. The van der Waals surface area contributed by atoms with Crippen LogP contribution in [0.3, 0.4) is 0 Å². The number of hydrogen-bond acceptors (Lipinski definition) is 1. The van der Waals surface area contributed by atoms with Crippen molar-refractivity contribution in [3.05, 3.63) is 0 Å². The van der Waals surface area contributed by atoms with Gasteiger partial charge in [-0.1, -0.05) is 41.9 Å². The van der Waals surface area contributed by atoms with E-state index in [1.807, 2.05) is 0 Å². The first-order valence-corrected chi connectivity index (χ1v) is 5.89. The van der Waals surface area contributed by atoms with Crippen LogP contribution < -0.4 is 5.32 Å². The Bertz CT molecular complexity index is 232. The molecule has 3 nitrogen and oxygen atoms in total. The van der Waals surface area contributed by atoms with Crippen molar-refractivity contribution in [1.82, 2.24) is 5.32 Å². The molecule has 0 fully saturated rings. The summed E-state index contributed by atoms with van der Waals surface area (Å²) in [7, 11) is 0. The fourth-order valence-corrected chi connectivity index (χ4v) is 2.19. The highest BCUT2D eigenvalue weighted by atomic mass is 127. The second-order valence-corrected chi connectivity index (χ2v) is 4.59. The normalized spacial score (nSPS) is 13.6. The Morgan fingerprint density at radius 3 is 2.71 bits per heavy atom. The third-order valence-corrected chi connectivity index (χ3v) is 3.29. The van der Waals surface area contributed by atoms with Gasteiger partial charge in [0.2, 0.25) is 0 Å². The molecule has 0 aromatic carbocycles. The van der Waals surface area contributed by atoms with Crippen LogP contribution in [0.15, 0.2) is 0 Å². The van der Waals surface area contributed by atoms with Gasteiger partial charge in [-0.05, 0) is 13.3 Å². The van der Waals surface area contributed by atoms with Crippen LogP contribution in [0.2, 0.25) is 0 Å². The van der Waals surface area contributed by atoms with Crippen LogP contribution in [0.5, 0.6) is 0 Å². The fraction of sp³-hybridized carbons (Fsp3) is 0.700. The molecule has 4 heteroatoms. The quantitative estimate of drug-likeness (QED) is 0.466. The third kappa shape index (κ3) is 6.08. The zero-order valence-corrected chi connectivity index (χ0v) is 10.7. The number of rotatable bonds is 5. The number of halogens is 1. The predicted octanol–water partition coefficient (Wildman–Crippen LogP) is 2.50. The first-order valence-electron chi connectivity index (χ1n) is 4.65. The van der Waals surface area contributed by atoms with Crippen LogP contribution in [0, 0.1) is 17.8 Å². The Balaban J connectivity index is 4.11. The summed E-state index contributed by atoms with van der Waals surface area (Å²) in [5.41, 5.74) is 0. The van der Waals surface area contributed by atoms with Crippen molar-refractivity contribution < 1.29 is 9.90 Å². The molecule has 2 atom stereocenters. The average Bonchev–Trinajstić information content (AvgIpc) is 2.12.